The number of aryl methyl sites for hydroxylation is 1. The number of pyridine rings is 1. The Morgan fingerprint density at radius 3 is 2.48 bits per heavy atom. The number of benzene rings is 1. The number of piperidine rings is 1. The van der Waals surface area contributed by atoms with Gasteiger partial charge in [-0.1, -0.05) is 35.0 Å². The molecule has 1 fully saturated rings. The van der Waals surface area contributed by atoms with E-state index < -0.39 is 0 Å². The van der Waals surface area contributed by atoms with E-state index >= 15 is 0 Å². The summed E-state index contributed by atoms with van der Waals surface area (Å²) in [5.41, 5.74) is 2.36. The number of oxime groups is 1. The average Bonchev–Trinajstić information content (AvgIpc) is 2.66. The van der Waals surface area contributed by atoms with Crippen LogP contribution in [-0.4, -0.2) is 47.2 Å². The predicted molar refractivity (Wildman–Crippen MR) is 113 cm³/mol. The first-order chi connectivity index (χ1) is 13.3. The zero-order valence-electron chi connectivity index (χ0n) is 17.2. The summed E-state index contributed by atoms with van der Waals surface area (Å²) < 4.78 is 2.54. The van der Waals surface area contributed by atoms with Crippen molar-refractivity contribution in [2.75, 3.05) is 27.2 Å². The number of hydrogen-bond acceptors (Lipinski definition) is 3. The monoisotopic (exact) mass is 529 g/mol. The van der Waals surface area contributed by atoms with Gasteiger partial charge in [0.25, 0.3) is 0 Å². The fraction of sp³-hybridized carbons (Fsp3) is 0.455. The van der Waals surface area contributed by atoms with Crippen molar-refractivity contribution in [2.45, 2.75) is 25.2 Å². The predicted octanol–water partition coefficient (Wildman–Crippen LogP) is 0.881. The molecule has 0 amide bonds. The van der Waals surface area contributed by atoms with Gasteiger partial charge in [-0.2, -0.15) is 0 Å². The lowest BCUT2D eigenvalue weighted by atomic mass is 9.76. The molecule has 2 aromatic rings. The van der Waals surface area contributed by atoms with Crippen LogP contribution in [0.5, 0.6) is 0 Å². The van der Waals surface area contributed by atoms with Crippen LogP contribution in [0.25, 0.3) is 0 Å². The maximum absolute atomic E-state index is 11.7. The van der Waals surface area contributed by atoms with E-state index in [1.807, 2.05) is 18.2 Å². The molecule has 5 nitrogen and oxygen atoms in total. The van der Waals surface area contributed by atoms with Crippen molar-refractivity contribution >= 4 is 17.3 Å². The zero-order chi connectivity index (χ0) is 20.3. The van der Waals surface area contributed by atoms with Gasteiger partial charge in [-0.15, -0.1) is 0 Å². The minimum Gasteiger partial charge on any atom is -1.00 e. The lowest BCUT2D eigenvalue weighted by Crippen LogP contribution is -3.00. The summed E-state index contributed by atoms with van der Waals surface area (Å²) in [5, 5.41) is 14.1. The Bertz CT molecular complexity index is 916. The van der Waals surface area contributed by atoms with Crippen LogP contribution >= 0.6 is 11.6 Å². The number of halogens is 2. The highest BCUT2D eigenvalue weighted by atomic mass is 127. The van der Waals surface area contributed by atoms with Crippen LogP contribution in [0, 0.1) is 5.92 Å². The van der Waals surface area contributed by atoms with E-state index in [-0.39, 0.29) is 35.5 Å². The summed E-state index contributed by atoms with van der Waals surface area (Å²) in [6.07, 6.45) is 4.52. The molecule has 1 unspecified atom stereocenters. The highest BCUT2D eigenvalue weighted by Crippen LogP contribution is 2.39. The Morgan fingerprint density at radius 1 is 1.24 bits per heavy atom. The molecule has 1 atom stereocenters. The molecule has 29 heavy (non-hydrogen) atoms. The topological polar surface area (TPSA) is 54.6 Å². The molecule has 0 saturated carbocycles. The molecular weight excluding hydrogens is 501 g/mol. The lowest BCUT2D eigenvalue weighted by molar-refractivity contribution is -0.896. The van der Waals surface area contributed by atoms with Crippen molar-refractivity contribution < 1.29 is 33.7 Å². The standard InChI is InChI=1S/C22H28ClN3O2.HI/c1-25-15-17(8-9-22(25)27)21(24-28)14-19(18-6-4-5-7-20(18)23)16-10-12-26(2,3)13-11-16;/h4-9,15-16,19H,10-14H2,1-3H3;1H. The summed E-state index contributed by atoms with van der Waals surface area (Å²) >= 11 is 6.56. The van der Waals surface area contributed by atoms with E-state index in [1.54, 1.807) is 19.3 Å². The normalized spacial score (nSPS) is 18.1. The Labute approximate surface area is 194 Å². The van der Waals surface area contributed by atoms with Crippen LogP contribution in [0.3, 0.4) is 0 Å². The summed E-state index contributed by atoms with van der Waals surface area (Å²) in [5.74, 6) is 0.632. The fourth-order valence-corrected chi connectivity index (χ4v) is 4.46. The number of likely N-dealkylation sites (tertiary alicyclic amines) is 1. The van der Waals surface area contributed by atoms with Crippen LogP contribution in [-0.2, 0) is 7.05 Å². The highest BCUT2D eigenvalue weighted by molar-refractivity contribution is 6.31. The molecule has 2 heterocycles. The zero-order valence-corrected chi connectivity index (χ0v) is 20.1. The van der Waals surface area contributed by atoms with Gasteiger partial charge in [0, 0.05) is 49.2 Å². The molecule has 0 spiro atoms. The van der Waals surface area contributed by atoms with Crippen LogP contribution in [0.1, 0.15) is 36.3 Å². The van der Waals surface area contributed by atoms with E-state index in [4.69, 9.17) is 11.6 Å². The van der Waals surface area contributed by atoms with Gasteiger partial charge in [0.05, 0.1) is 32.9 Å². The van der Waals surface area contributed by atoms with Gasteiger partial charge >= 0.3 is 0 Å². The molecule has 0 radical (unpaired) electrons. The smallest absolute Gasteiger partial charge is 0.250 e. The first-order valence-corrected chi connectivity index (χ1v) is 10.1. The number of rotatable bonds is 5. The minimum atomic E-state index is -0.0871. The van der Waals surface area contributed by atoms with Crippen molar-refractivity contribution in [3.8, 4) is 0 Å². The van der Waals surface area contributed by atoms with Crippen LogP contribution in [0.4, 0.5) is 0 Å². The maximum Gasteiger partial charge on any atom is 0.250 e. The molecule has 1 aliphatic rings. The summed E-state index contributed by atoms with van der Waals surface area (Å²) in [7, 11) is 6.24. The van der Waals surface area contributed by atoms with Crippen molar-refractivity contribution in [2.24, 2.45) is 18.1 Å². The second-order valence-electron chi connectivity index (χ2n) is 8.47. The van der Waals surface area contributed by atoms with Crippen LogP contribution in [0.2, 0.25) is 5.02 Å². The average molecular weight is 530 g/mol. The molecule has 7 heteroatoms. The van der Waals surface area contributed by atoms with Crippen molar-refractivity contribution in [1.29, 1.82) is 0 Å². The van der Waals surface area contributed by atoms with Crippen molar-refractivity contribution in [3.05, 3.63) is 69.1 Å². The molecule has 158 valence electrons. The van der Waals surface area contributed by atoms with E-state index in [1.165, 1.54) is 10.6 Å². The Hall–Kier alpha value is -1.38. The molecule has 0 aliphatic carbocycles. The quantitative estimate of drug-likeness (QED) is 0.206. The van der Waals surface area contributed by atoms with Gasteiger partial charge in [0.15, 0.2) is 0 Å². The van der Waals surface area contributed by atoms with Crippen molar-refractivity contribution in [3.63, 3.8) is 0 Å². The molecular formula is C22H29ClIN3O2. The third kappa shape index (κ3) is 5.83. The first kappa shape index (κ1) is 23.9. The second kappa shape index (κ2) is 10.1. The molecule has 1 aromatic heterocycles. The van der Waals surface area contributed by atoms with Gasteiger partial charge in [0.1, 0.15) is 0 Å². The second-order valence-corrected chi connectivity index (χ2v) is 8.87. The summed E-state index contributed by atoms with van der Waals surface area (Å²) in [6.45, 7) is 2.24. The van der Waals surface area contributed by atoms with Gasteiger partial charge in [-0.25, -0.2) is 0 Å². The molecule has 1 aliphatic heterocycles. The van der Waals surface area contributed by atoms with Gasteiger partial charge in [-0.05, 0) is 29.5 Å². The Kier molecular flexibility index (Phi) is 8.31. The molecule has 1 aromatic carbocycles. The molecule has 3 rings (SSSR count). The fourth-order valence-electron chi connectivity index (χ4n) is 4.18. The largest absolute Gasteiger partial charge is 1.00 e. The highest BCUT2D eigenvalue weighted by Gasteiger charge is 2.34. The number of nitrogens with zero attached hydrogens (tertiary/aromatic N) is 3. The summed E-state index contributed by atoms with van der Waals surface area (Å²) in [4.78, 5) is 11.7. The maximum atomic E-state index is 11.7. The third-order valence-electron chi connectivity index (χ3n) is 6.04. The summed E-state index contributed by atoms with van der Waals surface area (Å²) in [6, 6.07) is 11.2. The van der Waals surface area contributed by atoms with E-state index in [9.17, 15) is 10.0 Å². The number of aromatic nitrogens is 1. The minimum absolute atomic E-state index is 0. The first-order valence-electron chi connectivity index (χ1n) is 9.75. The number of hydrogen-bond donors (Lipinski definition) is 1. The van der Waals surface area contributed by atoms with Crippen LogP contribution in [0.15, 0.2) is 52.5 Å². The molecule has 1 saturated heterocycles. The van der Waals surface area contributed by atoms with Gasteiger partial charge in [-0.3, -0.25) is 4.79 Å². The molecule has 0 bridgehead atoms. The Balaban J connectivity index is 0.00000300. The van der Waals surface area contributed by atoms with Gasteiger partial charge < -0.3 is 38.2 Å². The SMILES string of the molecule is Cn1cc(C(CC(c2ccccc2Cl)C2CC[N+](C)(C)CC2)=NO)ccc1=O.[I-]. The number of quaternary nitrogens is 1. The van der Waals surface area contributed by atoms with Gasteiger partial charge in [0.2, 0.25) is 5.56 Å². The van der Waals surface area contributed by atoms with Crippen LogP contribution < -0.4 is 29.5 Å². The third-order valence-corrected chi connectivity index (χ3v) is 6.38. The van der Waals surface area contributed by atoms with E-state index in [2.05, 4.69) is 25.3 Å². The molecule has 1 N–H and O–H groups in total. The van der Waals surface area contributed by atoms with E-state index in [0.717, 1.165) is 46.6 Å². The van der Waals surface area contributed by atoms with Crippen molar-refractivity contribution in [1.82, 2.24) is 4.57 Å². The van der Waals surface area contributed by atoms with E-state index in [0.29, 0.717) is 18.1 Å². The Morgan fingerprint density at radius 2 is 1.90 bits per heavy atom. The lowest BCUT2D eigenvalue weighted by Gasteiger charge is -2.40.